The van der Waals surface area contributed by atoms with Gasteiger partial charge in [-0.3, -0.25) is 4.90 Å². The molecule has 1 aliphatic carbocycles. The number of unbranched alkanes of at least 4 members (excludes halogenated alkanes) is 3. The highest BCUT2D eigenvalue weighted by atomic mass is 19.3. The lowest BCUT2D eigenvalue weighted by Crippen LogP contribution is -2.27. The lowest BCUT2D eigenvalue weighted by Gasteiger charge is -2.26. The molecule has 0 radical (unpaired) electrons. The van der Waals surface area contributed by atoms with Gasteiger partial charge in [-0.15, -0.1) is 0 Å². The molecule has 4 nitrogen and oxygen atoms in total. The third kappa shape index (κ3) is 7.91. The fraction of sp³-hybridized carbons (Fsp3) is 0.441. The Labute approximate surface area is 238 Å². The molecule has 1 aliphatic rings. The third-order valence-electron chi connectivity index (χ3n) is 7.60. The van der Waals surface area contributed by atoms with Gasteiger partial charge in [0.2, 0.25) is 0 Å². The maximum atomic E-state index is 12.7. The van der Waals surface area contributed by atoms with Crippen LogP contribution in [0.1, 0.15) is 75.7 Å². The first kappa shape index (κ1) is 29.7. The number of allylic oxidation sites excluding steroid dienone is 4. The van der Waals surface area contributed by atoms with Crippen LogP contribution in [0.4, 0.5) is 8.78 Å². The standard InChI is InChI=1S/C34H43F2N3O/c1-4-6-13-22-38(24-27-18-20-29(21-19-27)40-34(35)36)25-31-32(30-17-12-11-14-26(30)3)37-33(39(31)23-7-5-2)28-15-9-8-10-16-28/h8-12,14-21,26,30,34H,4-7,13,22-25H2,1-3H3. The van der Waals surface area contributed by atoms with Crippen molar-refractivity contribution >= 4 is 0 Å². The quantitative estimate of drug-likeness (QED) is 0.178. The highest BCUT2D eigenvalue weighted by Crippen LogP contribution is 2.35. The van der Waals surface area contributed by atoms with Gasteiger partial charge in [-0.2, -0.15) is 8.78 Å². The maximum Gasteiger partial charge on any atom is 0.387 e. The van der Waals surface area contributed by atoms with Crippen molar-refractivity contribution in [1.82, 2.24) is 14.5 Å². The second-order valence-electron chi connectivity index (χ2n) is 10.7. The predicted molar refractivity (Wildman–Crippen MR) is 159 cm³/mol. The number of alkyl halides is 2. The molecule has 0 saturated carbocycles. The highest BCUT2D eigenvalue weighted by molar-refractivity contribution is 5.57. The van der Waals surface area contributed by atoms with Crippen LogP contribution in [-0.2, 0) is 19.6 Å². The molecular formula is C34H43F2N3O. The number of aromatic nitrogens is 2. The number of ether oxygens (including phenoxy) is 1. The molecular weight excluding hydrogens is 504 g/mol. The van der Waals surface area contributed by atoms with Crippen LogP contribution in [0.25, 0.3) is 11.4 Å². The summed E-state index contributed by atoms with van der Waals surface area (Å²) < 4.78 is 32.4. The first-order chi connectivity index (χ1) is 19.5. The molecule has 0 aliphatic heterocycles. The van der Waals surface area contributed by atoms with Crippen molar-refractivity contribution in [2.45, 2.75) is 85.0 Å². The molecule has 214 valence electrons. The van der Waals surface area contributed by atoms with E-state index in [1.807, 2.05) is 12.1 Å². The van der Waals surface area contributed by atoms with Crippen LogP contribution in [0.2, 0.25) is 0 Å². The molecule has 0 amide bonds. The lowest BCUT2D eigenvalue weighted by atomic mass is 9.86. The van der Waals surface area contributed by atoms with E-state index in [-0.39, 0.29) is 11.7 Å². The van der Waals surface area contributed by atoms with E-state index in [0.717, 1.165) is 74.5 Å². The average molecular weight is 548 g/mol. The van der Waals surface area contributed by atoms with Gasteiger partial charge in [0.15, 0.2) is 0 Å². The van der Waals surface area contributed by atoms with Gasteiger partial charge in [-0.25, -0.2) is 4.98 Å². The van der Waals surface area contributed by atoms with Crippen LogP contribution in [0, 0.1) is 5.92 Å². The van der Waals surface area contributed by atoms with E-state index < -0.39 is 6.61 Å². The minimum Gasteiger partial charge on any atom is -0.435 e. The molecule has 1 aromatic heterocycles. The van der Waals surface area contributed by atoms with Crippen LogP contribution in [0.5, 0.6) is 5.75 Å². The molecule has 0 spiro atoms. The highest BCUT2D eigenvalue weighted by Gasteiger charge is 2.28. The van der Waals surface area contributed by atoms with Crippen LogP contribution in [0.15, 0.2) is 78.9 Å². The Morgan fingerprint density at radius 2 is 1.62 bits per heavy atom. The molecule has 2 unspecified atom stereocenters. The Morgan fingerprint density at radius 1 is 0.900 bits per heavy atom. The molecule has 2 atom stereocenters. The molecule has 2 aromatic carbocycles. The van der Waals surface area contributed by atoms with Crippen LogP contribution in [-0.4, -0.2) is 27.6 Å². The van der Waals surface area contributed by atoms with Gasteiger partial charge in [0, 0.05) is 31.1 Å². The van der Waals surface area contributed by atoms with Gasteiger partial charge in [0.1, 0.15) is 11.6 Å². The van der Waals surface area contributed by atoms with Crippen molar-refractivity contribution in [2.24, 2.45) is 5.92 Å². The summed E-state index contributed by atoms with van der Waals surface area (Å²) in [6, 6.07) is 17.6. The van der Waals surface area contributed by atoms with Crippen LogP contribution >= 0.6 is 0 Å². The second-order valence-corrected chi connectivity index (χ2v) is 10.7. The molecule has 0 saturated heterocycles. The third-order valence-corrected chi connectivity index (χ3v) is 7.60. The number of rotatable bonds is 15. The monoisotopic (exact) mass is 547 g/mol. The molecule has 6 heteroatoms. The van der Waals surface area contributed by atoms with Gasteiger partial charge >= 0.3 is 6.61 Å². The van der Waals surface area contributed by atoms with E-state index in [0.29, 0.717) is 5.92 Å². The van der Waals surface area contributed by atoms with Gasteiger partial charge in [0.25, 0.3) is 0 Å². The summed E-state index contributed by atoms with van der Waals surface area (Å²) in [6.45, 7) is 7.29. The first-order valence-electron chi connectivity index (χ1n) is 14.8. The first-order valence-corrected chi connectivity index (χ1v) is 14.8. The SMILES string of the molecule is CCCCCN(Cc1ccc(OC(F)F)cc1)Cc1c(C2C=CC=CC2C)nc(-c2ccccc2)n1CCCC. The van der Waals surface area contributed by atoms with E-state index in [9.17, 15) is 8.78 Å². The Bertz CT molecular complexity index is 1230. The fourth-order valence-corrected chi connectivity index (χ4v) is 5.41. The Balaban J connectivity index is 1.72. The minimum atomic E-state index is -2.82. The normalized spacial score (nSPS) is 16.8. The van der Waals surface area contributed by atoms with Crippen molar-refractivity contribution in [2.75, 3.05) is 6.54 Å². The van der Waals surface area contributed by atoms with E-state index in [2.05, 4.69) is 89.6 Å². The fourth-order valence-electron chi connectivity index (χ4n) is 5.41. The van der Waals surface area contributed by atoms with Crippen molar-refractivity contribution in [3.63, 3.8) is 0 Å². The zero-order valence-electron chi connectivity index (χ0n) is 24.1. The van der Waals surface area contributed by atoms with Crippen LogP contribution < -0.4 is 4.74 Å². The van der Waals surface area contributed by atoms with Crippen molar-refractivity contribution in [3.05, 3.63) is 95.9 Å². The number of hydrogen-bond acceptors (Lipinski definition) is 3. The van der Waals surface area contributed by atoms with Gasteiger partial charge < -0.3 is 9.30 Å². The summed E-state index contributed by atoms with van der Waals surface area (Å²) in [7, 11) is 0. The smallest absolute Gasteiger partial charge is 0.387 e. The summed E-state index contributed by atoms with van der Waals surface area (Å²) in [6.07, 6.45) is 14.5. The predicted octanol–water partition coefficient (Wildman–Crippen LogP) is 8.99. The van der Waals surface area contributed by atoms with Gasteiger partial charge in [-0.1, -0.05) is 107 Å². The van der Waals surface area contributed by atoms with Gasteiger partial charge in [-0.05, 0) is 43.0 Å². The minimum absolute atomic E-state index is 0.190. The molecule has 0 fully saturated rings. The van der Waals surface area contributed by atoms with E-state index in [1.54, 1.807) is 12.1 Å². The number of halogens is 2. The number of benzene rings is 2. The van der Waals surface area contributed by atoms with E-state index in [4.69, 9.17) is 4.98 Å². The molecule has 4 rings (SSSR count). The molecule has 0 bridgehead atoms. The Kier molecular flexibility index (Phi) is 11.1. The van der Waals surface area contributed by atoms with E-state index in [1.165, 1.54) is 12.1 Å². The summed E-state index contributed by atoms with van der Waals surface area (Å²) in [5, 5.41) is 0. The second kappa shape index (κ2) is 14.9. The summed E-state index contributed by atoms with van der Waals surface area (Å²) in [5.41, 5.74) is 4.65. The van der Waals surface area contributed by atoms with Crippen molar-refractivity contribution in [1.29, 1.82) is 0 Å². The largest absolute Gasteiger partial charge is 0.435 e. The summed E-state index contributed by atoms with van der Waals surface area (Å²) in [5.74, 6) is 1.80. The number of imidazole rings is 1. The topological polar surface area (TPSA) is 30.3 Å². The van der Waals surface area contributed by atoms with Crippen molar-refractivity contribution < 1.29 is 13.5 Å². The maximum absolute atomic E-state index is 12.7. The number of nitrogens with zero attached hydrogens (tertiary/aromatic N) is 3. The zero-order valence-corrected chi connectivity index (χ0v) is 24.1. The molecule has 0 N–H and O–H groups in total. The molecule has 40 heavy (non-hydrogen) atoms. The Hall–Kier alpha value is -3.25. The van der Waals surface area contributed by atoms with E-state index >= 15 is 0 Å². The summed E-state index contributed by atoms with van der Waals surface area (Å²) in [4.78, 5) is 7.86. The molecule has 1 heterocycles. The Morgan fingerprint density at radius 3 is 2.30 bits per heavy atom. The lowest BCUT2D eigenvalue weighted by molar-refractivity contribution is -0.0498. The zero-order chi connectivity index (χ0) is 28.3. The number of hydrogen-bond donors (Lipinski definition) is 0. The van der Waals surface area contributed by atoms with Gasteiger partial charge in [0.05, 0.1) is 11.4 Å². The average Bonchev–Trinajstić information content (AvgIpc) is 3.31. The van der Waals surface area contributed by atoms with Crippen LogP contribution in [0.3, 0.4) is 0 Å². The summed E-state index contributed by atoms with van der Waals surface area (Å²) >= 11 is 0. The van der Waals surface area contributed by atoms with Crippen molar-refractivity contribution in [3.8, 4) is 17.1 Å². The molecule has 3 aromatic rings.